The van der Waals surface area contributed by atoms with Gasteiger partial charge < -0.3 is 10.4 Å². The summed E-state index contributed by atoms with van der Waals surface area (Å²) in [5.74, 6) is -0.332. The number of aliphatic hydroxyl groups is 1. The van der Waals surface area contributed by atoms with Gasteiger partial charge in [-0.2, -0.15) is 0 Å². The van der Waals surface area contributed by atoms with Crippen LogP contribution in [0.4, 0.5) is 10.1 Å². The fraction of sp³-hybridized carbons (Fsp3) is 0.286. The molecule has 1 aromatic heterocycles. The monoisotopic (exact) mass is 261 g/mol. The van der Waals surface area contributed by atoms with Gasteiger partial charge in [-0.05, 0) is 32.0 Å². The maximum Gasteiger partial charge on any atom is 0.125 e. The predicted octanol–water partition coefficient (Wildman–Crippen LogP) is 2.24. The average Bonchev–Trinajstić information content (AvgIpc) is 2.39. The highest BCUT2D eigenvalue weighted by molar-refractivity contribution is 5.47. The van der Waals surface area contributed by atoms with Crippen molar-refractivity contribution in [2.24, 2.45) is 0 Å². The molecule has 0 saturated carbocycles. The molecule has 0 aliphatic carbocycles. The van der Waals surface area contributed by atoms with Crippen molar-refractivity contribution >= 4 is 5.69 Å². The van der Waals surface area contributed by atoms with Gasteiger partial charge in [-0.1, -0.05) is 6.07 Å². The van der Waals surface area contributed by atoms with E-state index in [2.05, 4.69) is 15.3 Å². The standard InChI is InChI=1S/C14H16FN3O/c1-10-13(17-7-6-16-10)14(2,9-19)18-12-5-3-4-11(15)8-12/h3-8,18-19H,9H2,1-2H3. The third-order valence-electron chi connectivity index (χ3n) is 2.96. The molecule has 1 aromatic carbocycles. The second kappa shape index (κ2) is 5.32. The number of nitrogens with zero attached hydrogens (tertiary/aromatic N) is 2. The molecular weight excluding hydrogens is 245 g/mol. The first-order chi connectivity index (χ1) is 9.05. The molecule has 0 aliphatic rings. The zero-order chi connectivity index (χ0) is 13.9. The van der Waals surface area contributed by atoms with Gasteiger partial charge in [0.2, 0.25) is 0 Å². The molecule has 2 rings (SSSR count). The molecule has 0 saturated heterocycles. The van der Waals surface area contributed by atoms with Gasteiger partial charge in [0.25, 0.3) is 0 Å². The zero-order valence-corrected chi connectivity index (χ0v) is 10.9. The van der Waals surface area contributed by atoms with Crippen LogP contribution in [-0.4, -0.2) is 21.7 Å². The van der Waals surface area contributed by atoms with Crippen LogP contribution in [-0.2, 0) is 5.54 Å². The molecule has 5 heteroatoms. The molecule has 0 aliphatic heterocycles. The lowest BCUT2D eigenvalue weighted by Gasteiger charge is -2.30. The van der Waals surface area contributed by atoms with E-state index in [1.54, 1.807) is 31.5 Å². The first kappa shape index (κ1) is 13.4. The van der Waals surface area contributed by atoms with Gasteiger partial charge >= 0.3 is 0 Å². The first-order valence-corrected chi connectivity index (χ1v) is 5.98. The normalized spacial score (nSPS) is 13.9. The van der Waals surface area contributed by atoms with E-state index in [0.29, 0.717) is 11.4 Å². The summed E-state index contributed by atoms with van der Waals surface area (Å²) in [5, 5.41) is 12.8. The molecule has 1 atom stereocenters. The van der Waals surface area contributed by atoms with E-state index >= 15 is 0 Å². The Bertz CT molecular complexity index is 576. The van der Waals surface area contributed by atoms with Crippen molar-refractivity contribution in [3.8, 4) is 0 Å². The summed E-state index contributed by atoms with van der Waals surface area (Å²) in [6.07, 6.45) is 3.17. The maximum atomic E-state index is 13.2. The zero-order valence-electron chi connectivity index (χ0n) is 10.9. The topological polar surface area (TPSA) is 58.0 Å². The van der Waals surface area contributed by atoms with Crippen LogP contribution in [0.25, 0.3) is 0 Å². The summed E-state index contributed by atoms with van der Waals surface area (Å²) in [6.45, 7) is 3.45. The van der Waals surface area contributed by atoms with Crippen LogP contribution in [0.1, 0.15) is 18.3 Å². The molecule has 2 aromatic rings. The number of hydrogen-bond acceptors (Lipinski definition) is 4. The van der Waals surface area contributed by atoms with Crippen molar-refractivity contribution in [2.75, 3.05) is 11.9 Å². The predicted molar refractivity (Wildman–Crippen MR) is 71.2 cm³/mol. The summed E-state index contributed by atoms with van der Waals surface area (Å²) < 4.78 is 13.2. The second-order valence-corrected chi connectivity index (χ2v) is 4.62. The minimum absolute atomic E-state index is 0.178. The van der Waals surface area contributed by atoms with E-state index < -0.39 is 5.54 Å². The second-order valence-electron chi connectivity index (χ2n) is 4.62. The van der Waals surface area contributed by atoms with Gasteiger partial charge in [0.05, 0.1) is 18.0 Å². The Kier molecular flexibility index (Phi) is 3.76. The van der Waals surface area contributed by atoms with Crippen LogP contribution in [0, 0.1) is 12.7 Å². The first-order valence-electron chi connectivity index (χ1n) is 5.98. The summed E-state index contributed by atoms with van der Waals surface area (Å²) in [4.78, 5) is 8.43. The number of halogens is 1. The van der Waals surface area contributed by atoms with Crippen molar-refractivity contribution in [1.82, 2.24) is 9.97 Å². The molecule has 4 nitrogen and oxygen atoms in total. The number of aliphatic hydroxyl groups excluding tert-OH is 1. The number of nitrogens with one attached hydrogen (secondary N) is 1. The summed E-state index contributed by atoms with van der Waals surface area (Å²) in [7, 11) is 0. The van der Waals surface area contributed by atoms with Gasteiger partial charge in [0, 0.05) is 18.1 Å². The van der Waals surface area contributed by atoms with Crippen LogP contribution < -0.4 is 5.32 Å². The Hall–Kier alpha value is -2.01. The molecule has 2 N–H and O–H groups in total. The van der Waals surface area contributed by atoms with Gasteiger partial charge in [-0.3, -0.25) is 9.97 Å². The number of aromatic nitrogens is 2. The van der Waals surface area contributed by atoms with E-state index in [9.17, 15) is 9.50 Å². The van der Waals surface area contributed by atoms with Crippen molar-refractivity contribution in [1.29, 1.82) is 0 Å². The molecule has 0 radical (unpaired) electrons. The van der Waals surface area contributed by atoms with E-state index in [1.165, 1.54) is 12.1 Å². The number of anilines is 1. The molecule has 0 fully saturated rings. The summed E-state index contributed by atoms with van der Waals surface area (Å²) in [6, 6.07) is 6.09. The van der Waals surface area contributed by atoms with Gasteiger partial charge in [0.1, 0.15) is 11.4 Å². The Morgan fingerprint density at radius 3 is 2.68 bits per heavy atom. The highest BCUT2D eigenvalue weighted by Gasteiger charge is 2.29. The number of benzene rings is 1. The van der Waals surface area contributed by atoms with Crippen molar-refractivity contribution in [3.05, 3.63) is 53.9 Å². The van der Waals surface area contributed by atoms with Gasteiger partial charge in [-0.15, -0.1) is 0 Å². The van der Waals surface area contributed by atoms with Gasteiger partial charge in [-0.25, -0.2) is 4.39 Å². The molecular formula is C14H16FN3O. The number of hydrogen-bond donors (Lipinski definition) is 2. The Labute approximate surface area is 111 Å². The fourth-order valence-electron chi connectivity index (χ4n) is 2.01. The highest BCUT2D eigenvalue weighted by Crippen LogP contribution is 2.26. The largest absolute Gasteiger partial charge is 0.394 e. The van der Waals surface area contributed by atoms with Crippen molar-refractivity contribution in [3.63, 3.8) is 0 Å². The van der Waals surface area contributed by atoms with E-state index in [1.807, 2.05) is 6.92 Å². The summed E-state index contributed by atoms with van der Waals surface area (Å²) in [5.41, 5.74) is 1.14. The molecule has 1 heterocycles. The molecule has 1 unspecified atom stereocenters. The van der Waals surface area contributed by atoms with Crippen LogP contribution >= 0.6 is 0 Å². The molecule has 19 heavy (non-hydrogen) atoms. The highest BCUT2D eigenvalue weighted by atomic mass is 19.1. The van der Waals surface area contributed by atoms with E-state index in [4.69, 9.17) is 0 Å². The quantitative estimate of drug-likeness (QED) is 0.886. The van der Waals surface area contributed by atoms with E-state index in [0.717, 1.165) is 5.69 Å². The smallest absolute Gasteiger partial charge is 0.125 e. The van der Waals surface area contributed by atoms with Crippen LogP contribution in [0.3, 0.4) is 0 Å². The van der Waals surface area contributed by atoms with Crippen molar-refractivity contribution in [2.45, 2.75) is 19.4 Å². The lowest BCUT2D eigenvalue weighted by Crippen LogP contribution is -2.37. The Balaban J connectivity index is 2.36. The third-order valence-corrected chi connectivity index (χ3v) is 2.96. The van der Waals surface area contributed by atoms with Crippen LogP contribution in [0.2, 0.25) is 0 Å². The molecule has 0 bridgehead atoms. The fourth-order valence-corrected chi connectivity index (χ4v) is 2.01. The Morgan fingerprint density at radius 1 is 1.32 bits per heavy atom. The minimum Gasteiger partial charge on any atom is -0.394 e. The lowest BCUT2D eigenvalue weighted by atomic mass is 9.96. The lowest BCUT2D eigenvalue weighted by molar-refractivity contribution is 0.220. The van der Waals surface area contributed by atoms with Crippen LogP contribution in [0.5, 0.6) is 0 Å². The van der Waals surface area contributed by atoms with Crippen LogP contribution in [0.15, 0.2) is 36.7 Å². The molecule has 0 amide bonds. The number of rotatable bonds is 4. The average molecular weight is 261 g/mol. The third kappa shape index (κ3) is 2.88. The SMILES string of the molecule is Cc1nccnc1C(C)(CO)Nc1cccc(F)c1. The maximum absolute atomic E-state index is 13.2. The van der Waals surface area contributed by atoms with Gasteiger partial charge in [0.15, 0.2) is 0 Å². The summed E-state index contributed by atoms with van der Waals surface area (Å²) >= 11 is 0. The molecule has 0 spiro atoms. The Morgan fingerprint density at radius 2 is 2.05 bits per heavy atom. The van der Waals surface area contributed by atoms with E-state index in [-0.39, 0.29) is 12.4 Å². The molecule has 100 valence electrons. The van der Waals surface area contributed by atoms with Crippen molar-refractivity contribution < 1.29 is 9.50 Å². The minimum atomic E-state index is -0.813. The number of aryl methyl sites for hydroxylation is 1.